The predicted octanol–water partition coefficient (Wildman–Crippen LogP) is 4.67. The van der Waals surface area contributed by atoms with Gasteiger partial charge in [-0.3, -0.25) is 4.79 Å². The van der Waals surface area contributed by atoms with E-state index in [0.717, 1.165) is 24.0 Å². The number of ether oxygens (including phenoxy) is 1. The molecule has 0 saturated carbocycles. The van der Waals surface area contributed by atoms with Crippen molar-refractivity contribution in [3.63, 3.8) is 0 Å². The Kier molecular flexibility index (Phi) is 7.41. The Labute approximate surface area is 122 Å². The summed E-state index contributed by atoms with van der Waals surface area (Å²) in [7, 11) is 0. The third-order valence-electron chi connectivity index (χ3n) is 2.93. The molecule has 2 nitrogen and oxygen atoms in total. The number of carbonyl (C=O) groups is 1. The first-order chi connectivity index (χ1) is 9.61. The summed E-state index contributed by atoms with van der Waals surface area (Å²) >= 11 is 0. The minimum atomic E-state index is -0.215. The molecule has 1 aromatic rings. The largest absolute Gasteiger partial charge is 0.434 e. The quantitative estimate of drug-likeness (QED) is 0.409. The van der Waals surface area contributed by atoms with E-state index in [2.05, 4.69) is 26.0 Å². The van der Waals surface area contributed by atoms with Gasteiger partial charge in [0.2, 0.25) is 0 Å². The van der Waals surface area contributed by atoms with E-state index in [9.17, 15) is 4.79 Å². The van der Waals surface area contributed by atoms with Gasteiger partial charge < -0.3 is 4.74 Å². The van der Waals surface area contributed by atoms with Crippen molar-refractivity contribution in [2.24, 2.45) is 5.92 Å². The van der Waals surface area contributed by atoms with Gasteiger partial charge in [-0.2, -0.15) is 0 Å². The Balaban J connectivity index is 2.38. The number of carbonyl (C=O) groups excluding carboxylic acids is 1. The first-order valence-corrected chi connectivity index (χ1v) is 7.17. The summed E-state index contributed by atoms with van der Waals surface area (Å²) in [6.07, 6.45) is 8.23. The first-order valence-electron chi connectivity index (χ1n) is 7.17. The van der Waals surface area contributed by atoms with Crippen LogP contribution in [0.2, 0.25) is 0 Å². The summed E-state index contributed by atoms with van der Waals surface area (Å²) in [5, 5.41) is 0. The van der Waals surface area contributed by atoms with E-state index in [-0.39, 0.29) is 5.97 Å². The molecule has 0 aromatic heterocycles. The minimum Gasteiger partial charge on any atom is -0.434 e. The lowest BCUT2D eigenvalue weighted by molar-refractivity contribution is -0.137. The molecule has 0 N–H and O–H groups in total. The molecule has 1 aromatic carbocycles. The van der Waals surface area contributed by atoms with Crippen molar-refractivity contribution in [3.8, 4) is 0 Å². The summed E-state index contributed by atoms with van der Waals surface area (Å²) in [6.45, 7) is 6.28. The number of hydrogen-bond acceptors (Lipinski definition) is 2. The van der Waals surface area contributed by atoms with Crippen molar-refractivity contribution in [2.75, 3.05) is 0 Å². The van der Waals surface area contributed by atoms with Gasteiger partial charge in [0.1, 0.15) is 0 Å². The molecule has 0 bridgehead atoms. The zero-order valence-corrected chi connectivity index (χ0v) is 12.6. The summed E-state index contributed by atoms with van der Waals surface area (Å²) in [4.78, 5) is 11.7. The molecule has 1 rings (SSSR count). The highest BCUT2D eigenvalue weighted by atomic mass is 16.5. The highest BCUT2D eigenvalue weighted by molar-refractivity contribution is 5.73. The zero-order valence-electron chi connectivity index (χ0n) is 12.6. The van der Waals surface area contributed by atoms with Gasteiger partial charge in [0, 0.05) is 0 Å². The topological polar surface area (TPSA) is 26.3 Å². The molecule has 1 atom stereocenters. The third-order valence-corrected chi connectivity index (χ3v) is 2.93. The van der Waals surface area contributed by atoms with Gasteiger partial charge in [0.15, 0.2) is 0 Å². The fraction of sp³-hybridized carbons (Fsp3) is 0.389. The Bertz CT molecular complexity index is 458. The van der Waals surface area contributed by atoms with Crippen molar-refractivity contribution in [1.82, 2.24) is 0 Å². The molecule has 0 saturated heterocycles. The van der Waals surface area contributed by atoms with Crippen LogP contribution in [0.5, 0.6) is 0 Å². The minimum absolute atomic E-state index is 0.215. The fourth-order valence-corrected chi connectivity index (χ4v) is 1.96. The van der Waals surface area contributed by atoms with Gasteiger partial charge in [-0.1, -0.05) is 56.3 Å². The van der Waals surface area contributed by atoms with Crippen LogP contribution in [0.4, 0.5) is 0 Å². The maximum Gasteiger partial charge on any atom is 0.315 e. The van der Waals surface area contributed by atoms with Gasteiger partial charge in [0.25, 0.3) is 0 Å². The van der Waals surface area contributed by atoms with E-state index in [4.69, 9.17) is 4.74 Å². The van der Waals surface area contributed by atoms with E-state index < -0.39 is 0 Å². The Morgan fingerprint density at radius 1 is 1.30 bits per heavy atom. The molecule has 0 heterocycles. The molecule has 0 aliphatic rings. The lowest BCUT2D eigenvalue weighted by Crippen LogP contribution is -2.04. The molecule has 108 valence electrons. The maximum atomic E-state index is 11.7. The highest BCUT2D eigenvalue weighted by Gasteiger charge is 2.04. The molecule has 0 aliphatic heterocycles. The number of benzene rings is 1. The van der Waals surface area contributed by atoms with Gasteiger partial charge in [-0.15, -0.1) is 0 Å². The average molecular weight is 272 g/mol. The van der Waals surface area contributed by atoms with Gasteiger partial charge in [-0.05, 0) is 36.8 Å². The van der Waals surface area contributed by atoms with E-state index in [0.29, 0.717) is 12.3 Å². The van der Waals surface area contributed by atoms with E-state index in [1.54, 1.807) is 6.26 Å². The van der Waals surface area contributed by atoms with Crippen molar-refractivity contribution < 1.29 is 9.53 Å². The number of allylic oxidation sites excluding steroid dienone is 3. The Morgan fingerprint density at radius 2 is 2.00 bits per heavy atom. The Morgan fingerprint density at radius 3 is 2.65 bits per heavy atom. The van der Waals surface area contributed by atoms with Crippen molar-refractivity contribution in [1.29, 1.82) is 0 Å². The van der Waals surface area contributed by atoms with Crippen molar-refractivity contribution >= 4 is 5.97 Å². The van der Waals surface area contributed by atoms with E-state index >= 15 is 0 Å². The van der Waals surface area contributed by atoms with Crippen LogP contribution in [0, 0.1) is 5.92 Å². The van der Waals surface area contributed by atoms with Crippen LogP contribution in [-0.4, -0.2) is 5.97 Å². The van der Waals surface area contributed by atoms with Crippen LogP contribution in [-0.2, 0) is 16.0 Å². The lowest BCUT2D eigenvalue weighted by Gasteiger charge is -2.07. The standard InChI is InChI=1S/C18H24O2/c1-4-5-9-15(2)12-16(3)14-20-18(19)13-17-10-7-6-8-11-17/h5-11,14-15H,4,12-13H2,1-3H3/b9-5+,16-14+. The van der Waals surface area contributed by atoms with Crippen LogP contribution in [0.15, 0.2) is 54.3 Å². The lowest BCUT2D eigenvalue weighted by atomic mass is 10.0. The highest BCUT2D eigenvalue weighted by Crippen LogP contribution is 2.13. The summed E-state index contributed by atoms with van der Waals surface area (Å²) < 4.78 is 5.19. The third kappa shape index (κ3) is 6.93. The molecule has 0 radical (unpaired) electrons. The molecular formula is C18H24O2. The van der Waals surface area contributed by atoms with Crippen LogP contribution in [0.3, 0.4) is 0 Å². The van der Waals surface area contributed by atoms with Crippen LogP contribution in [0.1, 0.15) is 39.2 Å². The number of esters is 1. The average Bonchev–Trinajstić information content (AvgIpc) is 2.44. The summed E-state index contributed by atoms with van der Waals surface area (Å²) in [6, 6.07) is 9.63. The second-order valence-electron chi connectivity index (χ2n) is 5.13. The SMILES string of the molecule is CC/C=C/C(C)C/C(C)=C/OC(=O)Cc1ccccc1. The molecule has 0 aliphatic carbocycles. The Hall–Kier alpha value is -1.83. The van der Waals surface area contributed by atoms with Gasteiger partial charge in [0.05, 0.1) is 12.7 Å². The van der Waals surface area contributed by atoms with Crippen molar-refractivity contribution in [2.45, 2.75) is 40.0 Å². The monoisotopic (exact) mass is 272 g/mol. The molecule has 2 heteroatoms. The molecule has 20 heavy (non-hydrogen) atoms. The maximum absolute atomic E-state index is 11.7. The normalized spacial score (nSPS) is 13.4. The van der Waals surface area contributed by atoms with Gasteiger partial charge >= 0.3 is 5.97 Å². The van der Waals surface area contributed by atoms with Crippen molar-refractivity contribution in [3.05, 3.63) is 59.9 Å². The number of hydrogen-bond donors (Lipinski definition) is 0. The molecule has 0 fully saturated rings. The molecule has 0 amide bonds. The predicted molar refractivity (Wildman–Crippen MR) is 83.2 cm³/mol. The van der Waals surface area contributed by atoms with Crippen LogP contribution >= 0.6 is 0 Å². The molecule has 1 unspecified atom stereocenters. The summed E-state index contributed by atoms with van der Waals surface area (Å²) in [5.41, 5.74) is 2.06. The van der Waals surface area contributed by atoms with Crippen LogP contribution in [0.25, 0.3) is 0 Å². The smallest absolute Gasteiger partial charge is 0.315 e. The fourth-order valence-electron chi connectivity index (χ4n) is 1.96. The number of rotatable bonds is 7. The zero-order chi connectivity index (χ0) is 14.8. The second-order valence-corrected chi connectivity index (χ2v) is 5.13. The van der Waals surface area contributed by atoms with E-state index in [1.807, 2.05) is 37.3 Å². The molecule has 0 spiro atoms. The second kappa shape index (κ2) is 9.13. The van der Waals surface area contributed by atoms with Gasteiger partial charge in [-0.25, -0.2) is 0 Å². The van der Waals surface area contributed by atoms with Crippen LogP contribution < -0.4 is 0 Å². The first kappa shape index (κ1) is 16.2. The summed E-state index contributed by atoms with van der Waals surface area (Å²) in [5.74, 6) is 0.256. The molecular weight excluding hydrogens is 248 g/mol. The van der Waals surface area contributed by atoms with E-state index in [1.165, 1.54) is 0 Å².